The standard InChI is InChI=1S/C7H12I2/c1-2-3-4-5-6-7(8)9/h4-5,7H,2-3,6H2,1H3/b5-4-. The summed E-state index contributed by atoms with van der Waals surface area (Å²) < 4.78 is 0.758. The number of hydrogen-bond acceptors (Lipinski definition) is 0. The Labute approximate surface area is 84.8 Å². The average molecular weight is 350 g/mol. The maximum absolute atomic E-state index is 2.43. The number of rotatable bonds is 4. The van der Waals surface area contributed by atoms with Gasteiger partial charge < -0.3 is 0 Å². The van der Waals surface area contributed by atoms with Crippen LogP contribution in [0.2, 0.25) is 0 Å². The fourth-order valence-corrected chi connectivity index (χ4v) is 1.07. The molecule has 0 rings (SSSR count). The lowest BCUT2D eigenvalue weighted by Gasteiger charge is -1.91. The van der Waals surface area contributed by atoms with Crippen LogP contribution in [0.4, 0.5) is 0 Å². The molecule has 0 bridgehead atoms. The molecule has 0 aromatic carbocycles. The molecule has 0 N–H and O–H groups in total. The molecule has 54 valence electrons. The summed E-state index contributed by atoms with van der Waals surface area (Å²) in [4.78, 5) is 0. The van der Waals surface area contributed by atoms with Crippen LogP contribution in [-0.4, -0.2) is 1.93 Å². The van der Waals surface area contributed by atoms with Crippen LogP contribution in [0.15, 0.2) is 12.2 Å². The summed E-state index contributed by atoms with van der Waals surface area (Å²) in [5.41, 5.74) is 0. The molecule has 0 spiro atoms. The SMILES string of the molecule is CCC/C=C\CC(I)I. The van der Waals surface area contributed by atoms with Gasteiger partial charge in [0.15, 0.2) is 0 Å². The number of halogens is 2. The lowest BCUT2D eigenvalue weighted by molar-refractivity contribution is 0.952. The molecule has 0 atom stereocenters. The normalized spacial score (nSPS) is 11.6. The predicted octanol–water partition coefficient (Wildman–Crippen LogP) is 3.93. The van der Waals surface area contributed by atoms with Crippen molar-refractivity contribution in [1.82, 2.24) is 0 Å². The maximum atomic E-state index is 2.43. The van der Waals surface area contributed by atoms with Gasteiger partial charge in [-0.05, 0) is 12.8 Å². The van der Waals surface area contributed by atoms with Crippen LogP contribution in [0, 0.1) is 0 Å². The van der Waals surface area contributed by atoms with Crippen molar-refractivity contribution >= 4 is 45.2 Å². The molecule has 0 aliphatic carbocycles. The van der Waals surface area contributed by atoms with Gasteiger partial charge in [0.25, 0.3) is 0 Å². The molecule has 0 saturated heterocycles. The van der Waals surface area contributed by atoms with Crippen molar-refractivity contribution in [2.45, 2.75) is 28.1 Å². The number of unbranched alkanes of at least 4 members (excludes halogenated alkanes) is 1. The van der Waals surface area contributed by atoms with Crippen LogP contribution in [-0.2, 0) is 0 Å². The van der Waals surface area contributed by atoms with Gasteiger partial charge in [-0.3, -0.25) is 0 Å². The van der Waals surface area contributed by atoms with E-state index in [1.54, 1.807) is 0 Å². The highest BCUT2D eigenvalue weighted by Crippen LogP contribution is 2.14. The molecule has 0 fully saturated rings. The van der Waals surface area contributed by atoms with Crippen molar-refractivity contribution in [2.24, 2.45) is 0 Å². The van der Waals surface area contributed by atoms with E-state index in [1.165, 1.54) is 19.3 Å². The summed E-state index contributed by atoms with van der Waals surface area (Å²) in [5, 5.41) is 0. The molecule has 0 aliphatic heterocycles. The highest BCUT2D eigenvalue weighted by Gasteiger charge is 1.89. The monoisotopic (exact) mass is 350 g/mol. The third kappa shape index (κ3) is 9.20. The summed E-state index contributed by atoms with van der Waals surface area (Å²) in [5.74, 6) is 0. The number of allylic oxidation sites excluding steroid dienone is 2. The Kier molecular flexibility index (Phi) is 8.28. The van der Waals surface area contributed by atoms with E-state index >= 15 is 0 Å². The smallest absolute Gasteiger partial charge is 0.0660 e. The van der Waals surface area contributed by atoms with Crippen molar-refractivity contribution in [3.05, 3.63) is 12.2 Å². The van der Waals surface area contributed by atoms with Crippen molar-refractivity contribution in [3.8, 4) is 0 Å². The molecule has 0 unspecified atom stereocenters. The first kappa shape index (κ1) is 10.2. The summed E-state index contributed by atoms with van der Waals surface area (Å²) in [6, 6.07) is 0. The molecule has 2 heteroatoms. The van der Waals surface area contributed by atoms with E-state index in [0.717, 1.165) is 1.93 Å². The zero-order chi connectivity index (χ0) is 7.11. The second kappa shape index (κ2) is 7.31. The van der Waals surface area contributed by atoms with Gasteiger partial charge in [-0.2, -0.15) is 0 Å². The van der Waals surface area contributed by atoms with Crippen molar-refractivity contribution in [3.63, 3.8) is 0 Å². The first-order valence-electron chi connectivity index (χ1n) is 3.20. The molecule has 9 heavy (non-hydrogen) atoms. The van der Waals surface area contributed by atoms with E-state index in [2.05, 4.69) is 64.3 Å². The number of alkyl halides is 2. The number of hydrogen-bond donors (Lipinski definition) is 0. The van der Waals surface area contributed by atoms with Gasteiger partial charge in [0, 0.05) is 0 Å². The Morgan fingerprint density at radius 1 is 1.33 bits per heavy atom. The summed E-state index contributed by atoms with van der Waals surface area (Å²) in [6.07, 6.45) is 8.25. The molecular formula is C7H12I2. The van der Waals surface area contributed by atoms with E-state index in [1.807, 2.05) is 0 Å². The van der Waals surface area contributed by atoms with Crippen LogP contribution in [0.25, 0.3) is 0 Å². The van der Waals surface area contributed by atoms with Crippen LogP contribution in [0.1, 0.15) is 26.2 Å². The van der Waals surface area contributed by atoms with E-state index in [-0.39, 0.29) is 0 Å². The molecule has 0 aromatic rings. The first-order chi connectivity index (χ1) is 4.27. The second-order valence-corrected chi connectivity index (χ2v) is 7.28. The van der Waals surface area contributed by atoms with Crippen molar-refractivity contribution < 1.29 is 0 Å². The highest BCUT2D eigenvalue weighted by molar-refractivity contribution is 14.2. The lowest BCUT2D eigenvalue weighted by atomic mass is 10.3. The Balaban J connectivity index is 3.04. The average Bonchev–Trinajstić information content (AvgIpc) is 1.80. The highest BCUT2D eigenvalue weighted by atomic mass is 127. The zero-order valence-corrected chi connectivity index (χ0v) is 9.92. The van der Waals surface area contributed by atoms with Crippen LogP contribution in [0.5, 0.6) is 0 Å². The minimum Gasteiger partial charge on any atom is -0.0885 e. The molecule has 0 saturated carbocycles. The van der Waals surface area contributed by atoms with Gasteiger partial charge in [0.05, 0.1) is 1.93 Å². The van der Waals surface area contributed by atoms with Crippen LogP contribution >= 0.6 is 45.2 Å². The van der Waals surface area contributed by atoms with E-state index < -0.39 is 0 Å². The molecule has 0 heterocycles. The van der Waals surface area contributed by atoms with E-state index in [0.29, 0.717) is 0 Å². The lowest BCUT2D eigenvalue weighted by Crippen LogP contribution is -1.77. The van der Waals surface area contributed by atoms with Crippen LogP contribution in [0.3, 0.4) is 0 Å². The van der Waals surface area contributed by atoms with Gasteiger partial charge >= 0.3 is 0 Å². The molecule has 0 nitrogen and oxygen atoms in total. The summed E-state index contributed by atoms with van der Waals surface area (Å²) >= 11 is 4.86. The van der Waals surface area contributed by atoms with E-state index in [4.69, 9.17) is 0 Å². The summed E-state index contributed by atoms with van der Waals surface area (Å²) in [7, 11) is 0. The van der Waals surface area contributed by atoms with Gasteiger partial charge in [0.1, 0.15) is 0 Å². The fourth-order valence-electron chi connectivity index (χ4n) is 0.484. The zero-order valence-electron chi connectivity index (χ0n) is 5.61. The van der Waals surface area contributed by atoms with Gasteiger partial charge in [-0.25, -0.2) is 0 Å². The van der Waals surface area contributed by atoms with Crippen molar-refractivity contribution in [2.75, 3.05) is 0 Å². The van der Waals surface area contributed by atoms with E-state index in [9.17, 15) is 0 Å². The molecule has 0 amide bonds. The molecule has 0 radical (unpaired) electrons. The predicted molar refractivity (Wildman–Crippen MR) is 60.5 cm³/mol. The molecule has 0 aromatic heterocycles. The molecular weight excluding hydrogens is 338 g/mol. The first-order valence-corrected chi connectivity index (χ1v) is 5.69. The molecule has 0 aliphatic rings. The van der Waals surface area contributed by atoms with Gasteiger partial charge in [-0.1, -0.05) is 70.7 Å². The van der Waals surface area contributed by atoms with Gasteiger partial charge in [-0.15, -0.1) is 0 Å². The Morgan fingerprint density at radius 3 is 2.44 bits per heavy atom. The quantitative estimate of drug-likeness (QED) is 0.410. The van der Waals surface area contributed by atoms with Crippen LogP contribution < -0.4 is 0 Å². The Morgan fingerprint density at radius 2 is 2.00 bits per heavy atom. The topological polar surface area (TPSA) is 0 Å². The van der Waals surface area contributed by atoms with Gasteiger partial charge in [0.2, 0.25) is 0 Å². The third-order valence-electron chi connectivity index (χ3n) is 0.936. The second-order valence-electron chi connectivity index (χ2n) is 1.89. The fraction of sp³-hybridized carbons (Fsp3) is 0.714. The third-order valence-corrected chi connectivity index (χ3v) is 1.95. The largest absolute Gasteiger partial charge is 0.0885 e. The minimum atomic E-state index is 0.758. The Hall–Kier alpha value is 1.20. The minimum absolute atomic E-state index is 0.758. The maximum Gasteiger partial charge on any atom is 0.0660 e. The van der Waals surface area contributed by atoms with Crippen molar-refractivity contribution in [1.29, 1.82) is 0 Å². The Bertz CT molecular complexity index is 77.0. The summed E-state index contributed by atoms with van der Waals surface area (Å²) in [6.45, 7) is 2.20.